The molecule has 19 heavy (non-hydrogen) atoms. The summed E-state index contributed by atoms with van der Waals surface area (Å²) in [5.41, 5.74) is 0. The molecule has 0 spiro atoms. The number of hydrogen-bond donors (Lipinski definition) is 1. The first kappa shape index (κ1) is 15.0. The fraction of sp³-hybridized carbons (Fsp3) is 0.750. The second-order valence-electron chi connectivity index (χ2n) is 6.21. The molecule has 0 aliphatic heterocycles. The zero-order chi connectivity index (χ0) is 13.7. The molecular formula is C16H28N2S. The lowest BCUT2D eigenvalue weighted by Crippen LogP contribution is -2.42. The largest absolute Gasteiger partial charge is 0.310 e. The van der Waals surface area contributed by atoms with Gasteiger partial charge in [0.2, 0.25) is 0 Å². The van der Waals surface area contributed by atoms with Crippen molar-refractivity contribution in [1.29, 1.82) is 0 Å². The number of nitrogens with one attached hydrogen (secondary N) is 1. The summed E-state index contributed by atoms with van der Waals surface area (Å²) in [5, 5.41) is 5.76. The summed E-state index contributed by atoms with van der Waals surface area (Å²) in [6, 6.07) is 5.87. The van der Waals surface area contributed by atoms with Crippen LogP contribution < -0.4 is 5.32 Å². The Morgan fingerprint density at radius 3 is 2.74 bits per heavy atom. The fourth-order valence-electron chi connectivity index (χ4n) is 2.51. The maximum absolute atomic E-state index is 3.61. The number of hydrogen-bond acceptors (Lipinski definition) is 3. The first-order chi connectivity index (χ1) is 9.16. The monoisotopic (exact) mass is 280 g/mol. The molecule has 1 aliphatic carbocycles. The molecule has 3 heteroatoms. The second-order valence-corrected chi connectivity index (χ2v) is 7.24. The van der Waals surface area contributed by atoms with E-state index in [1.54, 1.807) is 0 Å². The van der Waals surface area contributed by atoms with Crippen molar-refractivity contribution in [3.63, 3.8) is 0 Å². The van der Waals surface area contributed by atoms with Crippen molar-refractivity contribution in [2.75, 3.05) is 13.1 Å². The van der Waals surface area contributed by atoms with E-state index in [1.165, 1.54) is 30.7 Å². The van der Waals surface area contributed by atoms with Crippen molar-refractivity contribution >= 4 is 11.3 Å². The molecule has 1 aromatic heterocycles. The number of rotatable bonds is 9. The minimum atomic E-state index is 0.659. The normalized spacial score (nSPS) is 17.3. The first-order valence-electron chi connectivity index (χ1n) is 7.65. The van der Waals surface area contributed by atoms with Gasteiger partial charge >= 0.3 is 0 Å². The molecule has 1 fully saturated rings. The summed E-state index contributed by atoms with van der Waals surface area (Å²) in [7, 11) is 0. The molecule has 0 bridgehead atoms. The van der Waals surface area contributed by atoms with E-state index in [2.05, 4.69) is 48.5 Å². The molecule has 0 aromatic carbocycles. The fourth-order valence-corrected chi connectivity index (χ4v) is 3.19. The van der Waals surface area contributed by atoms with E-state index in [0.29, 0.717) is 6.04 Å². The molecule has 2 nitrogen and oxygen atoms in total. The molecule has 1 unspecified atom stereocenters. The highest BCUT2D eigenvalue weighted by Gasteiger charge is 2.31. The van der Waals surface area contributed by atoms with Crippen molar-refractivity contribution in [3.05, 3.63) is 22.4 Å². The molecule has 1 saturated carbocycles. The molecule has 0 amide bonds. The van der Waals surface area contributed by atoms with Crippen LogP contribution in [0.2, 0.25) is 0 Å². The van der Waals surface area contributed by atoms with Gasteiger partial charge in [-0.3, -0.25) is 4.90 Å². The van der Waals surface area contributed by atoms with Gasteiger partial charge in [-0.25, -0.2) is 0 Å². The molecule has 108 valence electrons. The third-order valence-corrected chi connectivity index (χ3v) is 4.74. The molecule has 2 rings (SSSR count). The quantitative estimate of drug-likeness (QED) is 0.741. The lowest BCUT2D eigenvalue weighted by atomic mass is 10.1. The van der Waals surface area contributed by atoms with Crippen LogP contribution in [0, 0.1) is 5.92 Å². The zero-order valence-corrected chi connectivity index (χ0v) is 13.4. The summed E-state index contributed by atoms with van der Waals surface area (Å²) in [6.07, 6.45) is 4.15. The van der Waals surface area contributed by atoms with Crippen molar-refractivity contribution in [2.24, 2.45) is 5.92 Å². The summed E-state index contributed by atoms with van der Waals surface area (Å²) in [5.74, 6) is 0.813. The van der Waals surface area contributed by atoms with Crippen LogP contribution in [-0.4, -0.2) is 30.1 Å². The van der Waals surface area contributed by atoms with Gasteiger partial charge in [-0.05, 0) is 50.1 Å². The minimum absolute atomic E-state index is 0.659. The Balaban J connectivity index is 1.70. The number of thiophene rings is 1. The van der Waals surface area contributed by atoms with E-state index in [1.807, 2.05) is 11.3 Å². The van der Waals surface area contributed by atoms with Gasteiger partial charge in [-0.1, -0.05) is 19.9 Å². The van der Waals surface area contributed by atoms with Crippen LogP contribution in [-0.2, 0) is 6.54 Å². The van der Waals surface area contributed by atoms with E-state index in [-0.39, 0.29) is 0 Å². The zero-order valence-electron chi connectivity index (χ0n) is 12.6. The van der Waals surface area contributed by atoms with E-state index in [4.69, 9.17) is 0 Å². The maximum Gasteiger partial charge on any atom is 0.0300 e. The van der Waals surface area contributed by atoms with Gasteiger partial charge in [0.1, 0.15) is 0 Å². The highest BCUT2D eigenvalue weighted by Crippen LogP contribution is 2.29. The summed E-state index contributed by atoms with van der Waals surface area (Å²) in [4.78, 5) is 4.16. The molecule has 0 saturated heterocycles. The van der Waals surface area contributed by atoms with Crippen molar-refractivity contribution in [2.45, 2.75) is 58.7 Å². The standard InChI is InChI=1S/C16H28N2S/c1-13(2)8-9-18(15-6-7-15)14(3)11-17-12-16-5-4-10-19-16/h4-5,10,13-15,17H,6-9,11-12H2,1-3H3. The second kappa shape index (κ2) is 7.41. The van der Waals surface area contributed by atoms with Crippen LogP contribution in [0.3, 0.4) is 0 Å². The highest BCUT2D eigenvalue weighted by atomic mass is 32.1. The van der Waals surface area contributed by atoms with E-state index in [0.717, 1.165) is 25.0 Å². The molecule has 0 radical (unpaired) electrons. The topological polar surface area (TPSA) is 15.3 Å². The first-order valence-corrected chi connectivity index (χ1v) is 8.53. The van der Waals surface area contributed by atoms with Gasteiger partial charge in [0.25, 0.3) is 0 Å². The van der Waals surface area contributed by atoms with Crippen LogP contribution in [0.4, 0.5) is 0 Å². The van der Waals surface area contributed by atoms with Crippen LogP contribution in [0.5, 0.6) is 0 Å². The highest BCUT2D eigenvalue weighted by molar-refractivity contribution is 7.09. The van der Waals surface area contributed by atoms with Crippen molar-refractivity contribution in [1.82, 2.24) is 10.2 Å². The minimum Gasteiger partial charge on any atom is -0.310 e. The average Bonchev–Trinajstić information content (AvgIpc) is 3.06. The van der Waals surface area contributed by atoms with Gasteiger partial charge in [0, 0.05) is 30.1 Å². The molecular weight excluding hydrogens is 252 g/mol. The molecule has 1 aromatic rings. The van der Waals surface area contributed by atoms with Crippen molar-refractivity contribution < 1.29 is 0 Å². The summed E-state index contributed by atoms with van der Waals surface area (Å²) >= 11 is 1.84. The van der Waals surface area contributed by atoms with Gasteiger partial charge in [-0.2, -0.15) is 0 Å². The smallest absolute Gasteiger partial charge is 0.0300 e. The van der Waals surface area contributed by atoms with Crippen LogP contribution in [0.15, 0.2) is 17.5 Å². The Labute approximate surface area is 122 Å². The lowest BCUT2D eigenvalue weighted by molar-refractivity contribution is 0.184. The van der Waals surface area contributed by atoms with E-state index in [9.17, 15) is 0 Å². The Morgan fingerprint density at radius 2 is 2.16 bits per heavy atom. The Bertz CT molecular complexity index is 344. The summed E-state index contributed by atoms with van der Waals surface area (Å²) in [6.45, 7) is 10.4. The van der Waals surface area contributed by atoms with Gasteiger partial charge in [0.15, 0.2) is 0 Å². The van der Waals surface area contributed by atoms with Crippen LogP contribution in [0.25, 0.3) is 0 Å². The van der Waals surface area contributed by atoms with Crippen LogP contribution in [0.1, 0.15) is 44.9 Å². The molecule has 1 aliphatic rings. The van der Waals surface area contributed by atoms with Gasteiger partial charge < -0.3 is 5.32 Å². The average molecular weight is 280 g/mol. The molecule has 1 N–H and O–H groups in total. The van der Waals surface area contributed by atoms with E-state index < -0.39 is 0 Å². The Morgan fingerprint density at radius 1 is 1.37 bits per heavy atom. The van der Waals surface area contributed by atoms with Crippen molar-refractivity contribution in [3.8, 4) is 0 Å². The van der Waals surface area contributed by atoms with Gasteiger partial charge in [-0.15, -0.1) is 11.3 Å². The molecule has 1 atom stereocenters. The Hall–Kier alpha value is -0.380. The maximum atomic E-state index is 3.61. The number of nitrogens with zero attached hydrogens (tertiary/aromatic N) is 1. The SMILES string of the molecule is CC(C)CCN(C(C)CNCc1cccs1)C1CC1. The third kappa shape index (κ3) is 5.25. The Kier molecular flexibility index (Phi) is 5.86. The lowest BCUT2D eigenvalue weighted by Gasteiger charge is -2.30. The predicted octanol–water partition coefficient (Wildman–Crippen LogP) is 3.74. The van der Waals surface area contributed by atoms with Crippen LogP contribution >= 0.6 is 11.3 Å². The summed E-state index contributed by atoms with van der Waals surface area (Å²) < 4.78 is 0. The predicted molar refractivity (Wildman–Crippen MR) is 84.7 cm³/mol. The third-order valence-electron chi connectivity index (χ3n) is 3.87. The van der Waals surface area contributed by atoms with Gasteiger partial charge in [0.05, 0.1) is 0 Å². The molecule has 1 heterocycles. The van der Waals surface area contributed by atoms with E-state index >= 15 is 0 Å².